The fraction of sp³-hybridized carbons (Fsp3) is 0.412. The Morgan fingerprint density at radius 3 is 2.24 bits per heavy atom. The normalized spacial score (nSPS) is 17.6. The second-order valence-corrected chi connectivity index (χ2v) is 6.65. The lowest BCUT2D eigenvalue weighted by atomic mass is 9.67. The van der Waals surface area contributed by atoms with Crippen LogP contribution >= 0.6 is 0 Å². The van der Waals surface area contributed by atoms with E-state index in [1.165, 1.54) is 38.1 Å². The van der Waals surface area contributed by atoms with Crippen molar-refractivity contribution in [2.24, 2.45) is 5.41 Å². The van der Waals surface area contributed by atoms with Crippen molar-refractivity contribution in [3.8, 4) is 5.75 Å². The first-order chi connectivity index (χ1) is 11.4. The molecule has 1 atom stereocenters. The van der Waals surface area contributed by atoms with Gasteiger partial charge in [0, 0.05) is 23.1 Å². The van der Waals surface area contributed by atoms with Crippen LogP contribution in [0.25, 0.3) is 0 Å². The van der Waals surface area contributed by atoms with Gasteiger partial charge in [0.2, 0.25) is 0 Å². The zero-order chi connectivity index (χ0) is 19.0. The SMILES string of the molecule is CC1(C)CC(NC(Cc2ccc(O)cc2)C(=O)O)=C1C(=O)C(F)(F)F. The fourth-order valence-corrected chi connectivity index (χ4v) is 2.91. The first-order valence-electron chi connectivity index (χ1n) is 7.54. The maximum atomic E-state index is 12.8. The summed E-state index contributed by atoms with van der Waals surface area (Å²) in [6.07, 6.45) is -4.85. The van der Waals surface area contributed by atoms with Crippen LogP contribution in [0.1, 0.15) is 25.8 Å². The number of alkyl halides is 3. The molecule has 0 aliphatic heterocycles. The van der Waals surface area contributed by atoms with Crippen LogP contribution in [-0.2, 0) is 16.0 Å². The summed E-state index contributed by atoms with van der Waals surface area (Å²) in [5.74, 6) is -3.17. The zero-order valence-corrected chi connectivity index (χ0v) is 13.6. The molecule has 8 heteroatoms. The lowest BCUT2D eigenvalue weighted by molar-refractivity contribution is -0.168. The Morgan fingerprint density at radius 2 is 1.80 bits per heavy atom. The molecule has 0 radical (unpaired) electrons. The molecular formula is C17H18F3NO4. The summed E-state index contributed by atoms with van der Waals surface area (Å²) in [4.78, 5) is 23.1. The Morgan fingerprint density at radius 1 is 1.24 bits per heavy atom. The van der Waals surface area contributed by atoms with Crippen molar-refractivity contribution in [1.29, 1.82) is 0 Å². The number of benzene rings is 1. The number of carbonyl (C=O) groups is 2. The Hall–Kier alpha value is -2.51. The van der Waals surface area contributed by atoms with E-state index in [-0.39, 0.29) is 24.3 Å². The Balaban J connectivity index is 2.25. The van der Waals surface area contributed by atoms with Crippen molar-refractivity contribution in [2.75, 3.05) is 0 Å². The van der Waals surface area contributed by atoms with Crippen LogP contribution in [0, 0.1) is 5.41 Å². The van der Waals surface area contributed by atoms with Crippen LogP contribution < -0.4 is 5.32 Å². The predicted octanol–water partition coefficient (Wildman–Crippen LogP) is 2.79. The molecule has 1 unspecified atom stereocenters. The number of hydrogen-bond donors (Lipinski definition) is 3. The summed E-state index contributed by atoms with van der Waals surface area (Å²) in [6.45, 7) is 3.01. The topological polar surface area (TPSA) is 86.6 Å². The minimum absolute atomic E-state index is 0.00691. The molecule has 3 N–H and O–H groups in total. The number of carbonyl (C=O) groups excluding carboxylic acids is 1. The van der Waals surface area contributed by atoms with Gasteiger partial charge in [-0.25, -0.2) is 4.79 Å². The lowest BCUT2D eigenvalue weighted by Gasteiger charge is -2.41. The van der Waals surface area contributed by atoms with Gasteiger partial charge in [0.25, 0.3) is 5.78 Å². The van der Waals surface area contributed by atoms with Crippen molar-refractivity contribution >= 4 is 11.8 Å². The average molecular weight is 357 g/mol. The third kappa shape index (κ3) is 4.12. The maximum Gasteiger partial charge on any atom is 0.454 e. The number of carboxylic acid groups (broad SMARTS) is 1. The van der Waals surface area contributed by atoms with E-state index in [1.807, 2.05) is 0 Å². The quantitative estimate of drug-likeness (QED) is 0.729. The highest BCUT2D eigenvalue weighted by Crippen LogP contribution is 2.47. The van der Waals surface area contributed by atoms with E-state index in [2.05, 4.69) is 5.32 Å². The van der Waals surface area contributed by atoms with Crippen molar-refractivity contribution in [2.45, 2.75) is 38.9 Å². The van der Waals surface area contributed by atoms with Crippen LogP contribution in [0.2, 0.25) is 0 Å². The van der Waals surface area contributed by atoms with E-state index < -0.39 is 35.0 Å². The highest BCUT2D eigenvalue weighted by molar-refractivity contribution is 6.02. The van der Waals surface area contributed by atoms with E-state index in [1.54, 1.807) is 0 Å². The number of halogens is 3. The molecule has 0 heterocycles. The number of ketones is 1. The van der Waals surface area contributed by atoms with Gasteiger partial charge in [0.15, 0.2) is 0 Å². The number of aromatic hydroxyl groups is 1. The third-order valence-electron chi connectivity index (χ3n) is 4.10. The Bertz CT molecular complexity index is 720. The molecule has 0 saturated heterocycles. The minimum atomic E-state index is -5.00. The number of nitrogens with one attached hydrogen (secondary N) is 1. The third-order valence-corrected chi connectivity index (χ3v) is 4.10. The molecule has 0 fully saturated rings. The van der Waals surface area contributed by atoms with Crippen LogP contribution in [0.4, 0.5) is 13.2 Å². The zero-order valence-electron chi connectivity index (χ0n) is 13.6. The van der Waals surface area contributed by atoms with E-state index in [4.69, 9.17) is 0 Å². The largest absolute Gasteiger partial charge is 0.508 e. The number of hydrogen-bond acceptors (Lipinski definition) is 4. The second-order valence-electron chi connectivity index (χ2n) is 6.65. The number of carboxylic acids is 1. The smallest absolute Gasteiger partial charge is 0.454 e. The molecule has 1 aliphatic carbocycles. The van der Waals surface area contributed by atoms with Gasteiger partial charge in [-0.05, 0) is 24.1 Å². The highest BCUT2D eigenvalue weighted by Gasteiger charge is 2.51. The summed E-state index contributed by atoms with van der Waals surface area (Å²) in [5, 5.41) is 21.1. The molecule has 0 bridgehead atoms. The fourth-order valence-electron chi connectivity index (χ4n) is 2.91. The van der Waals surface area contributed by atoms with Gasteiger partial charge in [-0.2, -0.15) is 13.2 Å². The molecule has 1 aromatic carbocycles. The van der Waals surface area contributed by atoms with Crippen LogP contribution in [0.5, 0.6) is 5.75 Å². The molecule has 136 valence electrons. The number of Topliss-reactive ketones (excluding diaryl/α,β-unsaturated/α-hetero) is 1. The number of rotatable bonds is 6. The second kappa shape index (κ2) is 6.42. The van der Waals surface area contributed by atoms with Gasteiger partial charge in [0.05, 0.1) is 0 Å². The van der Waals surface area contributed by atoms with Gasteiger partial charge < -0.3 is 15.5 Å². The summed E-state index contributed by atoms with van der Waals surface area (Å²) < 4.78 is 38.3. The van der Waals surface area contributed by atoms with E-state index in [9.17, 15) is 33.0 Å². The summed E-state index contributed by atoms with van der Waals surface area (Å²) >= 11 is 0. The molecule has 0 aromatic heterocycles. The van der Waals surface area contributed by atoms with Crippen LogP contribution in [-0.4, -0.2) is 34.2 Å². The highest BCUT2D eigenvalue weighted by atomic mass is 19.4. The van der Waals surface area contributed by atoms with Crippen molar-refractivity contribution < 1.29 is 33.0 Å². The Kier molecular flexibility index (Phi) is 4.83. The molecule has 1 aromatic rings. The van der Waals surface area contributed by atoms with Crippen LogP contribution in [0.15, 0.2) is 35.5 Å². The molecule has 0 saturated carbocycles. The average Bonchev–Trinajstić information content (AvgIpc) is 2.46. The van der Waals surface area contributed by atoms with Gasteiger partial charge in [-0.1, -0.05) is 26.0 Å². The molecule has 25 heavy (non-hydrogen) atoms. The molecule has 5 nitrogen and oxygen atoms in total. The van der Waals surface area contributed by atoms with Crippen molar-refractivity contribution in [3.63, 3.8) is 0 Å². The van der Waals surface area contributed by atoms with Gasteiger partial charge >= 0.3 is 12.1 Å². The van der Waals surface area contributed by atoms with Gasteiger partial charge in [-0.15, -0.1) is 0 Å². The van der Waals surface area contributed by atoms with Gasteiger partial charge in [-0.3, -0.25) is 4.79 Å². The van der Waals surface area contributed by atoms with E-state index >= 15 is 0 Å². The van der Waals surface area contributed by atoms with E-state index in [0.29, 0.717) is 5.56 Å². The summed E-state index contributed by atoms with van der Waals surface area (Å²) in [6, 6.07) is 4.63. The maximum absolute atomic E-state index is 12.8. The van der Waals surface area contributed by atoms with Gasteiger partial charge in [0.1, 0.15) is 11.8 Å². The first-order valence-corrected chi connectivity index (χ1v) is 7.54. The van der Waals surface area contributed by atoms with E-state index in [0.717, 1.165) is 0 Å². The molecular weight excluding hydrogens is 339 g/mol. The molecule has 0 spiro atoms. The van der Waals surface area contributed by atoms with Crippen LogP contribution in [0.3, 0.4) is 0 Å². The number of phenolic OH excluding ortho intramolecular Hbond substituents is 1. The number of allylic oxidation sites excluding steroid dienone is 2. The minimum Gasteiger partial charge on any atom is -0.508 e. The molecule has 1 aliphatic rings. The van der Waals surface area contributed by atoms with Crippen molar-refractivity contribution in [3.05, 3.63) is 41.1 Å². The first kappa shape index (κ1) is 18.8. The number of aliphatic carboxylic acids is 1. The van der Waals surface area contributed by atoms with Crippen molar-refractivity contribution in [1.82, 2.24) is 5.32 Å². The standard InChI is InChI=1S/C17H18F3NO4/c1-16(2)8-12(13(16)14(23)17(18,19)20)21-11(15(24)25)7-9-3-5-10(22)6-4-9/h3-6,11,21-22H,7-8H2,1-2H3,(H,24,25). The Labute approximate surface area is 142 Å². The molecule has 0 amide bonds. The monoisotopic (exact) mass is 357 g/mol. The molecule has 2 rings (SSSR count). The number of phenols is 1. The lowest BCUT2D eigenvalue weighted by Crippen LogP contribution is -2.47. The summed E-state index contributed by atoms with van der Waals surface area (Å²) in [5.41, 5.74) is -0.785. The predicted molar refractivity (Wildman–Crippen MR) is 82.9 cm³/mol. The summed E-state index contributed by atoms with van der Waals surface area (Å²) in [7, 11) is 0.